The summed E-state index contributed by atoms with van der Waals surface area (Å²) in [6, 6.07) is 6.12. The second-order valence-electron chi connectivity index (χ2n) is 6.66. The number of non-ortho nitro benzene ring substituents is 1. The molecule has 31 heavy (non-hydrogen) atoms. The quantitative estimate of drug-likeness (QED) is 0.273. The van der Waals surface area contributed by atoms with E-state index >= 15 is 0 Å². The number of allylic oxidation sites excluding steroid dienone is 3. The molecule has 1 N–H and O–H groups in total. The van der Waals surface area contributed by atoms with Crippen LogP contribution in [-0.4, -0.2) is 43.4 Å². The number of carbonyl (C=O) groups excluding carboxylic acids is 2. The van der Waals surface area contributed by atoms with Crippen molar-refractivity contribution >= 4 is 23.8 Å². The molecule has 0 amide bonds. The lowest BCUT2D eigenvalue weighted by atomic mass is 9.79. The Bertz CT molecular complexity index is 950. The average Bonchev–Trinajstić information content (AvgIpc) is 2.74. The minimum Gasteiger partial charge on any atom is -0.466 e. The number of nitro benzene ring substituents is 1. The van der Waals surface area contributed by atoms with Crippen LogP contribution in [0.2, 0.25) is 0 Å². The zero-order chi connectivity index (χ0) is 23.0. The molecule has 10 heteroatoms. The average molecular weight is 431 g/mol. The molecule has 1 unspecified atom stereocenters. The molecule has 10 nitrogen and oxygen atoms in total. The Kier molecular flexibility index (Phi) is 8.30. The third kappa shape index (κ3) is 5.91. The molecule has 1 aromatic rings. The fraction of sp³-hybridized carbons (Fsp3) is 0.381. The van der Waals surface area contributed by atoms with Gasteiger partial charge in [0.1, 0.15) is 0 Å². The third-order valence-electron chi connectivity index (χ3n) is 4.67. The molecule has 0 saturated heterocycles. The van der Waals surface area contributed by atoms with Crippen LogP contribution < -0.4 is 5.32 Å². The van der Waals surface area contributed by atoms with Gasteiger partial charge >= 0.3 is 11.9 Å². The molecule has 0 spiro atoms. The van der Waals surface area contributed by atoms with Crippen LogP contribution in [-0.2, 0) is 23.9 Å². The van der Waals surface area contributed by atoms with Gasteiger partial charge in [-0.15, -0.1) is 0 Å². The van der Waals surface area contributed by atoms with Crippen LogP contribution in [0, 0.1) is 10.1 Å². The van der Waals surface area contributed by atoms with Crippen molar-refractivity contribution in [3.8, 4) is 0 Å². The number of dihydropyridines is 1. The molecule has 1 aliphatic heterocycles. The lowest BCUT2D eigenvalue weighted by molar-refractivity contribution is -0.384. The number of benzene rings is 1. The first kappa shape index (κ1) is 23.6. The molecule has 0 fully saturated rings. The van der Waals surface area contributed by atoms with E-state index < -0.39 is 22.8 Å². The molecule has 1 heterocycles. The summed E-state index contributed by atoms with van der Waals surface area (Å²) in [5.41, 5.74) is 2.98. The first-order valence-corrected chi connectivity index (χ1v) is 9.59. The van der Waals surface area contributed by atoms with Crippen molar-refractivity contribution in [2.75, 3.05) is 20.3 Å². The minimum atomic E-state index is -0.579. The fourth-order valence-electron chi connectivity index (χ4n) is 3.35. The number of nitrogens with zero attached hydrogens (tertiary/aromatic N) is 2. The number of esters is 2. The number of rotatable bonds is 9. The lowest BCUT2D eigenvalue weighted by Crippen LogP contribution is -2.29. The smallest absolute Gasteiger partial charge is 0.347 e. The molecule has 1 aromatic carbocycles. The summed E-state index contributed by atoms with van der Waals surface area (Å²) in [5, 5.41) is 18.2. The number of hydrogen-bond donors (Lipinski definition) is 1. The van der Waals surface area contributed by atoms with Crippen molar-refractivity contribution in [1.29, 1.82) is 0 Å². The van der Waals surface area contributed by atoms with Gasteiger partial charge in [0, 0.05) is 42.1 Å². The van der Waals surface area contributed by atoms with E-state index in [1.807, 2.05) is 6.92 Å². The van der Waals surface area contributed by atoms with E-state index in [1.54, 1.807) is 26.0 Å². The lowest BCUT2D eigenvalue weighted by Gasteiger charge is -2.31. The summed E-state index contributed by atoms with van der Waals surface area (Å²) < 4.78 is 9.72. The van der Waals surface area contributed by atoms with Crippen molar-refractivity contribution in [1.82, 2.24) is 5.32 Å². The highest BCUT2D eigenvalue weighted by molar-refractivity contribution is 5.93. The second kappa shape index (κ2) is 10.9. The summed E-state index contributed by atoms with van der Waals surface area (Å²) in [6.45, 7) is 5.20. The van der Waals surface area contributed by atoms with Crippen LogP contribution in [0.3, 0.4) is 0 Å². The van der Waals surface area contributed by atoms with Gasteiger partial charge in [-0.3, -0.25) is 10.1 Å². The first-order valence-electron chi connectivity index (χ1n) is 9.59. The number of oxime groups is 1. The maximum Gasteiger partial charge on any atom is 0.347 e. The Morgan fingerprint density at radius 1 is 1.29 bits per heavy atom. The largest absolute Gasteiger partial charge is 0.466 e. The van der Waals surface area contributed by atoms with Gasteiger partial charge in [-0.1, -0.05) is 17.3 Å². The molecule has 1 aliphatic rings. The van der Waals surface area contributed by atoms with Crippen LogP contribution in [0.1, 0.15) is 38.7 Å². The molecule has 166 valence electrons. The van der Waals surface area contributed by atoms with Gasteiger partial charge in [0.25, 0.3) is 5.69 Å². The molecular weight excluding hydrogens is 406 g/mol. The van der Waals surface area contributed by atoms with Gasteiger partial charge in [0.15, 0.2) is 0 Å². The second-order valence-corrected chi connectivity index (χ2v) is 6.66. The molecule has 0 bridgehead atoms. The highest BCUT2D eigenvalue weighted by Gasteiger charge is 2.33. The van der Waals surface area contributed by atoms with Gasteiger partial charge < -0.3 is 19.6 Å². The van der Waals surface area contributed by atoms with Gasteiger partial charge in [0.2, 0.25) is 6.61 Å². The number of ether oxygens (including phenoxy) is 2. The summed E-state index contributed by atoms with van der Waals surface area (Å²) in [5.74, 6) is -1.65. The van der Waals surface area contributed by atoms with Gasteiger partial charge in [-0.25, -0.2) is 9.59 Å². The standard InChI is InChI=1S/C21H25N3O7/c1-5-30-18(25)12-31-22-10-9-17-13(2)23-14(3)19(21(26)29-4)20(17)15-7-6-8-16(11-15)24(27)28/h6-8,10-11,20,23H,5,9,12H2,1-4H3. The van der Waals surface area contributed by atoms with Crippen molar-refractivity contribution < 1.29 is 28.8 Å². The molecule has 0 radical (unpaired) electrons. The van der Waals surface area contributed by atoms with Crippen LogP contribution >= 0.6 is 0 Å². The van der Waals surface area contributed by atoms with Gasteiger partial charge in [-0.2, -0.15) is 0 Å². The van der Waals surface area contributed by atoms with Gasteiger partial charge in [0.05, 0.1) is 24.2 Å². The minimum absolute atomic E-state index is 0.0821. The predicted molar refractivity (Wildman–Crippen MR) is 112 cm³/mol. The highest BCUT2D eigenvalue weighted by atomic mass is 16.7. The van der Waals surface area contributed by atoms with Crippen LogP contribution in [0.25, 0.3) is 0 Å². The fourth-order valence-corrected chi connectivity index (χ4v) is 3.35. The van der Waals surface area contributed by atoms with E-state index in [1.165, 1.54) is 25.5 Å². The Morgan fingerprint density at radius 2 is 2.03 bits per heavy atom. The topological polar surface area (TPSA) is 129 Å². The molecule has 0 saturated carbocycles. The molecule has 2 rings (SSSR count). The van der Waals surface area contributed by atoms with E-state index in [4.69, 9.17) is 14.3 Å². The normalized spacial score (nSPS) is 16.2. The van der Waals surface area contributed by atoms with E-state index in [9.17, 15) is 19.7 Å². The van der Waals surface area contributed by atoms with Crippen molar-refractivity contribution in [3.63, 3.8) is 0 Å². The molecule has 1 atom stereocenters. The zero-order valence-electron chi connectivity index (χ0n) is 17.8. The van der Waals surface area contributed by atoms with Crippen molar-refractivity contribution in [2.45, 2.75) is 33.1 Å². The first-order chi connectivity index (χ1) is 14.8. The molecule has 0 aliphatic carbocycles. The zero-order valence-corrected chi connectivity index (χ0v) is 17.8. The molecule has 0 aromatic heterocycles. The third-order valence-corrected chi connectivity index (χ3v) is 4.67. The Balaban J connectivity index is 2.36. The van der Waals surface area contributed by atoms with Crippen molar-refractivity contribution in [3.05, 3.63) is 62.5 Å². The maximum absolute atomic E-state index is 12.6. The van der Waals surface area contributed by atoms with Gasteiger partial charge in [-0.05, 0) is 31.9 Å². The highest BCUT2D eigenvalue weighted by Crippen LogP contribution is 2.40. The predicted octanol–water partition coefficient (Wildman–Crippen LogP) is 2.96. The summed E-state index contributed by atoms with van der Waals surface area (Å²) >= 11 is 0. The van der Waals surface area contributed by atoms with Crippen LogP contribution in [0.15, 0.2) is 52.0 Å². The number of nitrogens with one attached hydrogen (secondary N) is 1. The summed E-state index contributed by atoms with van der Waals surface area (Å²) in [4.78, 5) is 39.6. The van der Waals surface area contributed by atoms with E-state index in [0.29, 0.717) is 16.8 Å². The van der Waals surface area contributed by atoms with E-state index in [2.05, 4.69) is 10.5 Å². The van der Waals surface area contributed by atoms with E-state index in [0.717, 1.165) is 11.3 Å². The molecular formula is C21H25N3O7. The van der Waals surface area contributed by atoms with Crippen molar-refractivity contribution in [2.24, 2.45) is 5.16 Å². The van der Waals surface area contributed by atoms with Crippen LogP contribution in [0.4, 0.5) is 5.69 Å². The maximum atomic E-state index is 12.6. The summed E-state index contributed by atoms with van der Waals surface area (Å²) in [6.07, 6.45) is 1.72. The van der Waals surface area contributed by atoms with E-state index in [-0.39, 0.29) is 25.3 Å². The number of hydrogen-bond acceptors (Lipinski definition) is 9. The van der Waals surface area contributed by atoms with Crippen LogP contribution in [0.5, 0.6) is 0 Å². The number of carbonyl (C=O) groups is 2. The number of nitro groups is 1. The monoisotopic (exact) mass is 431 g/mol. The Hall–Kier alpha value is -3.69. The summed E-state index contributed by atoms with van der Waals surface area (Å²) in [7, 11) is 1.28. The Morgan fingerprint density at radius 3 is 2.68 bits per heavy atom. The Labute approximate surface area is 179 Å². The SMILES string of the molecule is CCOC(=O)CON=CCC1=C(C)NC(C)=C(C(=O)OC)C1c1cccc([N+](=O)[O-])c1. The number of methoxy groups -OCH3 is 1.